The molecule has 2 N–H and O–H groups in total. The number of rotatable bonds is 3. The lowest BCUT2D eigenvalue weighted by atomic mass is 9.80. The number of likely N-dealkylation sites (tertiary alicyclic amines) is 1. The highest BCUT2D eigenvalue weighted by Crippen LogP contribution is 2.43. The molecular formula is C15H29ClN2O. The van der Waals surface area contributed by atoms with E-state index in [1.54, 1.807) is 0 Å². The predicted octanol–water partition coefficient (Wildman–Crippen LogP) is 2.96. The molecule has 1 aliphatic heterocycles. The van der Waals surface area contributed by atoms with Crippen molar-refractivity contribution in [2.24, 2.45) is 17.1 Å². The minimum Gasteiger partial charge on any atom is -0.342 e. The van der Waals surface area contributed by atoms with Crippen molar-refractivity contribution in [2.75, 3.05) is 13.1 Å². The lowest BCUT2D eigenvalue weighted by molar-refractivity contribution is -0.143. The third-order valence-electron chi connectivity index (χ3n) is 5.26. The van der Waals surface area contributed by atoms with Crippen LogP contribution in [-0.2, 0) is 4.79 Å². The monoisotopic (exact) mass is 288 g/mol. The van der Waals surface area contributed by atoms with Gasteiger partial charge in [-0.2, -0.15) is 0 Å². The third-order valence-corrected chi connectivity index (χ3v) is 5.26. The summed E-state index contributed by atoms with van der Waals surface area (Å²) in [6.07, 6.45) is 7.86. The van der Waals surface area contributed by atoms with Crippen molar-refractivity contribution in [2.45, 2.75) is 64.8 Å². The molecule has 1 atom stereocenters. The van der Waals surface area contributed by atoms with E-state index >= 15 is 0 Å². The van der Waals surface area contributed by atoms with Crippen molar-refractivity contribution in [1.82, 2.24) is 4.90 Å². The highest BCUT2D eigenvalue weighted by molar-refractivity contribution is 5.85. The topological polar surface area (TPSA) is 46.3 Å². The lowest BCUT2D eigenvalue weighted by Gasteiger charge is -2.39. The van der Waals surface area contributed by atoms with Gasteiger partial charge in [-0.3, -0.25) is 4.79 Å². The molecule has 2 aliphatic rings. The van der Waals surface area contributed by atoms with E-state index in [-0.39, 0.29) is 23.9 Å². The van der Waals surface area contributed by atoms with E-state index in [4.69, 9.17) is 5.73 Å². The summed E-state index contributed by atoms with van der Waals surface area (Å²) in [5.74, 6) is 1.04. The van der Waals surface area contributed by atoms with Crippen LogP contribution in [0.5, 0.6) is 0 Å². The molecule has 0 spiro atoms. The van der Waals surface area contributed by atoms with Gasteiger partial charge in [0.05, 0.1) is 0 Å². The zero-order chi connectivity index (χ0) is 13.2. The quantitative estimate of drug-likeness (QED) is 0.868. The Morgan fingerprint density at radius 2 is 1.84 bits per heavy atom. The molecule has 1 aliphatic carbocycles. The van der Waals surface area contributed by atoms with Crippen molar-refractivity contribution in [3.05, 3.63) is 0 Å². The van der Waals surface area contributed by atoms with Crippen molar-refractivity contribution in [3.8, 4) is 0 Å². The number of carbonyl (C=O) groups is 1. The number of carbonyl (C=O) groups excluding carboxylic acids is 1. The summed E-state index contributed by atoms with van der Waals surface area (Å²) >= 11 is 0. The number of piperidine rings is 1. The van der Waals surface area contributed by atoms with Gasteiger partial charge in [0.15, 0.2) is 0 Å². The van der Waals surface area contributed by atoms with Crippen LogP contribution in [0.25, 0.3) is 0 Å². The Bertz CT molecular complexity index is 293. The molecule has 0 bridgehead atoms. The van der Waals surface area contributed by atoms with Crippen LogP contribution in [0, 0.1) is 11.3 Å². The van der Waals surface area contributed by atoms with Gasteiger partial charge >= 0.3 is 0 Å². The number of hydrogen-bond acceptors (Lipinski definition) is 2. The van der Waals surface area contributed by atoms with Crippen LogP contribution in [0.2, 0.25) is 0 Å². The van der Waals surface area contributed by atoms with Gasteiger partial charge in [0.25, 0.3) is 0 Å². The zero-order valence-electron chi connectivity index (χ0n) is 12.4. The number of nitrogens with zero attached hydrogens (tertiary/aromatic N) is 1. The first-order valence-electron chi connectivity index (χ1n) is 7.64. The van der Waals surface area contributed by atoms with Gasteiger partial charge in [0, 0.05) is 24.5 Å². The van der Waals surface area contributed by atoms with Crippen molar-refractivity contribution >= 4 is 18.3 Å². The SMILES string of the molecule is CCC1(C(=O)N2CCC(C(C)N)CC2)CCCC1.Cl. The second kappa shape index (κ2) is 6.94. The minimum atomic E-state index is -0.0127. The van der Waals surface area contributed by atoms with E-state index in [1.807, 2.05) is 0 Å². The van der Waals surface area contributed by atoms with Crippen LogP contribution >= 0.6 is 12.4 Å². The Kier molecular flexibility index (Phi) is 6.13. The highest BCUT2D eigenvalue weighted by Gasteiger charge is 2.42. The summed E-state index contributed by atoms with van der Waals surface area (Å²) in [5, 5.41) is 0. The summed E-state index contributed by atoms with van der Waals surface area (Å²) < 4.78 is 0. The first-order chi connectivity index (χ1) is 8.59. The number of halogens is 1. The molecule has 2 fully saturated rings. The number of amides is 1. The van der Waals surface area contributed by atoms with E-state index < -0.39 is 0 Å². The molecule has 19 heavy (non-hydrogen) atoms. The maximum absolute atomic E-state index is 12.7. The number of hydrogen-bond donors (Lipinski definition) is 1. The van der Waals surface area contributed by atoms with Gasteiger partial charge in [-0.15, -0.1) is 12.4 Å². The summed E-state index contributed by atoms with van der Waals surface area (Å²) in [6, 6.07) is 0.272. The lowest BCUT2D eigenvalue weighted by Crippen LogP contribution is -2.48. The van der Waals surface area contributed by atoms with E-state index in [0.717, 1.165) is 45.2 Å². The molecule has 112 valence electrons. The fourth-order valence-corrected chi connectivity index (χ4v) is 3.73. The maximum Gasteiger partial charge on any atom is 0.228 e. The van der Waals surface area contributed by atoms with E-state index in [1.165, 1.54) is 12.8 Å². The maximum atomic E-state index is 12.7. The Morgan fingerprint density at radius 3 is 2.26 bits per heavy atom. The molecule has 1 unspecified atom stereocenters. The fraction of sp³-hybridized carbons (Fsp3) is 0.933. The molecule has 1 saturated carbocycles. The minimum absolute atomic E-state index is 0. The van der Waals surface area contributed by atoms with Crippen LogP contribution < -0.4 is 5.73 Å². The molecule has 0 aromatic heterocycles. The van der Waals surface area contributed by atoms with Crippen LogP contribution in [0.3, 0.4) is 0 Å². The van der Waals surface area contributed by atoms with Crippen molar-refractivity contribution in [1.29, 1.82) is 0 Å². The summed E-state index contributed by atoms with van der Waals surface area (Å²) in [7, 11) is 0. The highest BCUT2D eigenvalue weighted by atomic mass is 35.5. The molecule has 1 saturated heterocycles. The van der Waals surface area contributed by atoms with Gasteiger partial charge in [-0.05, 0) is 44.9 Å². The first kappa shape index (κ1) is 16.8. The molecule has 1 amide bonds. The third kappa shape index (κ3) is 3.43. The van der Waals surface area contributed by atoms with Gasteiger partial charge < -0.3 is 10.6 Å². The Balaban J connectivity index is 0.00000180. The van der Waals surface area contributed by atoms with E-state index in [0.29, 0.717) is 11.8 Å². The smallest absolute Gasteiger partial charge is 0.228 e. The Morgan fingerprint density at radius 1 is 1.32 bits per heavy atom. The van der Waals surface area contributed by atoms with E-state index in [9.17, 15) is 4.79 Å². The summed E-state index contributed by atoms with van der Waals surface area (Å²) in [4.78, 5) is 14.8. The Labute approximate surface area is 123 Å². The van der Waals surface area contributed by atoms with Crippen molar-refractivity contribution in [3.63, 3.8) is 0 Å². The molecule has 0 aromatic rings. The molecule has 4 heteroatoms. The van der Waals surface area contributed by atoms with Gasteiger partial charge in [0.2, 0.25) is 5.91 Å². The molecule has 1 heterocycles. The zero-order valence-corrected chi connectivity index (χ0v) is 13.2. The largest absolute Gasteiger partial charge is 0.342 e. The van der Waals surface area contributed by atoms with Crippen LogP contribution in [-0.4, -0.2) is 29.9 Å². The van der Waals surface area contributed by atoms with Crippen LogP contribution in [0.1, 0.15) is 58.8 Å². The second-order valence-electron chi connectivity index (χ2n) is 6.33. The normalized spacial score (nSPS) is 24.9. The van der Waals surface area contributed by atoms with Gasteiger partial charge in [0.1, 0.15) is 0 Å². The predicted molar refractivity (Wildman–Crippen MR) is 81.4 cm³/mol. The first-order valence-corrected chi connectivity index (χ1v) is 7.64. The standard InChI is InChI=1S/C15H28N2O.ClH/c1-3-15(8-4-5-9-15)14(18)17-10-6-13(7-11-17)12(2)16;/h12-13H,3-11,16H2,1-2H3;1H. The molecule has 0 aromatic carbocycles. The average Bonchev–Trinajstić information content (AvgIpc) is 2.88. The van der Waals surface area contributed by atoms with Gasteiger partial charge in [-0.1, -0.05) is 19.8 Å². The van der Waals surface area contributed by atoms with Gasteiger partial charge in [-0.25, -0.2) is 0 Å². The summed E-state index contributed by atoms with van der Waals surface area (Å²) in [5.41, 5.74) is 5.95. The average molecular weight is 289 g/mol. The van der Waals surface area contributed by atoms with Crippen molar-refractivity contribution < 1.29 is 4.79 Å². The fourth-order valence-electron chi connectivity index (χ4n) is 3.73. The molecule has 0 radical (unpaired) electrons. The summed E-state index contributed by atoms with van der Waals surface area (Å²) in [6.45, 7) is 6.12. The van der Waals surface area contributed by atoms with E-state index in [2.05, 4.69) is 18.7 Å². The van der Waals surface area contributed by atoms with Crippen LogP contribution in [0.4, 0.5) is 0 Å². The number of nitrogens with two attached hydrogens (primary N) is 1. The Hall–Kier alpha value is -0.280. The molecule has 2 rings (SSSR count). The molecular weight excluding hydrogens is 260 g/mol. The second-order valence-corrected chi connectivity index (χ2v) is 6.33. The molecule has 3 nitrogen and oxygen atoms in total. The van der Waals surface area contributed by atoms with Crippen LogP contribution in [0.15, 0.2) is 0 Å².